The highest BCUT2D eigenvalue weighted by Gasteiger charge is 2.06. The van der Waals surface area contributed by atoms with Crippen molar-refractivity contribution < 1.29 is 0 Å². The average molecular weight is 252 g/mol. The van der Waals surface area contributed by atoms with Crippen LogP contribution < -0.4 is 0 Å². The zero-order valence-corrected chi connectivity index (χ0v) is 11.7. The number of hydrogen-bond donors (Lipinski definition) is 0. The van der Waals surface area contributed by atoms with Crippen LogP contribution in [0, 0.1) is 11.3 Å². The number of nitrogens with zero attached hydrogens (tertiary/aromatic N) is 2. The van der Waals surface area contributed by atoms with Gasteiger partial charge in [0.05, 0.1) is 11.6 Å². The second kappa shape index (κ2) is 7.33. The second-order valence-corrected chi connectivity index (χ2v) is 4.54. The lowest BCUT2D eigenvalue weighted by Crippen LogP contribution is -1.95. The molecule has 0 spiro atoms. The molecule has 2 nitrogen and oxygen atoms in total. The predicted octanol–water partition coefficient (Wildman–Crippen LogP) is 4.65. The molecule has 0 unspecified atom stereocenters. The molecule has 0 amide bonds. The highest BCUT2D eigenvalue weighted by atomic mass is 14.7. The van der Waals surface area contributed by atoms with E-state index >= 15 is 0 Å². The second-order valence-electron chi connectivity index (χ2n) is 4.54. The Bertz CT molecular complexity index is 534. The van der Waals surface area contributed by atoms with Crippen LogP contribution >= 0.6 is 0 Å². The topological polar surface area (TPSA) is 36.1 Å². The summed E-state index contributed by atoms with van der Waals surface area (Å²) in [6.45, 7) is 11.7. The van der Waals surface area contributed by atoms with E-state index in [0.717, 1.165) is 41.7 Å². The lowest BCUT2D eigenvalue weighted by atomic mass is 10.0. The van der Waals surface area contributed by atoms with Gasteiger partial charge >= 0.3 is 0 Å². The molecule has 0 radical (unpaired) electrons. The zero-order valence-electron chi connectivity index (χ0n) is 11.7. The van der Waals surface area contributed by atoms with E-state index < -0.39 is 0 Å². The van der Waals surface area contributed by atoms with Crippen LogP contribution in [-0.4, -0.2) is 6.21 Å². The zero-order chi connectivity index (χ0) is 14.3. The van der Waals surface area contributed by atoms with E-state index in [4.69, 9.17) is 5.26 Å². The Hall–Kier alpha value is -2.14. The molecule has 1 heterocycles. The molecule has 19 heavy (non-hydrogen) atoms. The summed E-state index contributed by atoms with van der Waals surface area (Å²) in [5.74, 6) is 0. The van der Waals surface area contributed by atoms with Crippen LogP contribution in [0.25, 0.3) is 0 Å². The molecule has 0 fully saturated rings. The molecule has 0 atom stereocenters. The lowest BCUT2D eigenvalue weighted by Gasteiger charge is -2.10. The average Bonchev–Trinajstić information content (AvgIpc) is 2.41. The summed E-state index contributed by atoms with van der Waals surface area (Å²) in [7, 11) is 0. The van der Waals surface area contributed by atoms with E-state index in [2.05, 4.69) is 37.2 Å². The normalized spacial score (nSPS) is 17.5. The van der Waals surface area contributed by atoms with Gasteiger partial charge in [0.15, 0.2) is 0 Å². The van der Waals surface area contributed by atoms with E-state index in [9.17, 15) is 0 Å². The van der Waals surface area contributed by atoms with Gasteiger partial charge in [0.25, 0.3) is 0 Å². The first-order valence-electron chi connectivity index (χ1n) is 6.48. The van der Waals surface area contributed by atoms with E-state index in [1.165, 1.54) is 0 Å². The largest absolute Gasteiger partial charge is 0.260 e. The molecular formula is C17H20N2. The predicted molar refractivity (Wildman–Crippen MR) is 81.8 cm³/mol. The van der Waals surface area contributed by atoms with Crippen molar-refractivity contribution in [2.45, 2.75) is 33.1 Å². The number of aliphatic imine (C=N–C) groups is 1. The van der Waals surface area contributed by atoms with Crippen LogP contribution in [0.4, 0.5) is 0 Å². The number of allylic oxidation sites excluding steroid dienone is 7. The first-order chi connectivity index (χ1) is 9.12. The molecule has 1 rings (SSSR count). The highest BCUT2D eigenvalue weighted by Crippen LogP contribution is 2.21. The van der Waals surface area contributed by atoms with Crippen molar-refractivity contribution in [3.8, 4) is 6.07 Å². The number of dihydropyridines is 1. The summed E-state index contributed by atoms with van der Waals surface area (Å²) >= 11 is 0. The van der Waals surface area contributed by atoms with Crippen molar-refractivity contribution in [1.29, 1.82) is 5.26 Å². The Morgan fingerprint density at radius 3 is 2.74 bits per heavy atom. The fraction of sp³-hybridized carbons (Fsp3) is 0.294. The molecule has 0 aromatic rings. The molecule has 0 saturated carbocycles. The molecule has 98 valence electrons. The van der Waals surface area contributed by atoms with Gasteiger partial charge in [-0.3, -0.25) is 4.99 Å². The van der Waals surface area contributed by atoms with Crippen LogP contribution in [0.1, 0.15) is 33.1 Å². The first kappa shape index (κ1) is 14.9. The van der Waals surface area contributed by atoms with Gasteiger partial charge in [-0.05, 0) is 36.1 Å². The third-order valence-electron chi connectivity index (χ3n) is 2.92. The molecule has 0 aromatic heterocycles. The number of rotatable bonds is 5. The third-order valence-corrected chi connectivity index (χ3v) is 2.92. The summed E-state index contributed by atoms with van der Waals surface area (Å²) in [6, 6.07) is 2.19. The van der Waals surface area contributed by atoms with E-state index in [0.29, 0.717) is 5.57 Å². The summed E-state index contributed by atoms with van der Waals surface area (Å²) < 4.78 is 0. The van der Waals surface area contributed by atoms with Crippen molar-refractivity contribution in [2.75, 3.05) is 0 Å². The summed E-state index contributed by atoms with van der Waals surface area (Å²) in [6.07, 6.45) is 10.2. The fourth-order valence-corrected chi connectivity index (χ4v) is 1.86. The number of nitriles is 1. The van der Waals surface area contributed by atoms with Crippen molar-refractivity contribution in [3.63, 3.8) is 0 Å². The monoisotopic (exact) mass is 252 g/mol. The first-order valence-corrected chi connectivity index (χ1v) is 6.48. The molecule has 0 aliphatic carbocycles. The van der Waals surface area contributed by atoms with Crippen molar-refractivity contribution in [3.05, 3.63) is 59.4 Å². The SMILES string of the molecule is C=C/C(C#N)=C(\C=C1/CC=C(C(=C)C)C=N1)CCC. The van der Waals surface area contributed by atoms with E-state index in [1.54, 1.807) is 6.08 Å². The minimum atomic E-state index is 0.638. The van der Waals surface area contributed by atoms with Gasteiger partial charge in [0.2, 0.25) is 0 Å². The van der Waals surface area contributed by atoms with Gasteiger partial charge < -0.3 is 0 Å². The van der Waals surface area contributed by atoms with Gasteiger partial charge in [-0.25, -0.2) is 0 Å². The van der Waals surface area contributed by atoms with Gasteiger partial charge in [-0.1, -0.05) is 38.7 Å². The molecule has 1 aliphatic heterocycles. The smallest absolute Gasteiger partial charge is 0.0994 e. The summed E-state index contributed by atoms with van der Waals surface area (Å²) in [5, 5.41) is 9.10. The van der Waals surface area contributed by atoms with Gasteiger partial charge in [0, 0.05) is 18.3 Å². The quantitative estimate of drug-likeness (QED) is 0.518. The molecule has 0 aromatic carbocycles. The number of hydrogen-bond acceptors (Lipinski definition) is 2. The van der Waals surface area contributed by atoms with E-state index in [-0.39, 0.29) is 0 Å². The van der Waals surface area contributed by atoms with Crippen LogP contribution in [0.2, 0.25) is 0 Å². The van der Waals surface area contributed by atoms with Crippen LogP contribution in [0.5, 0.6) is 0 Å². The maximum atomic E-state index is 9.10. The van der Waals surface area contributed by atoms with Gasteiger partial charge in [-0.2, -0.15) is 5.26 Å². The third kappa shape index (κ3) is 4.22. The maximum absolute atomic E-state index is 9.10. The Morgan fingerprint density at radius 2 is 2.32 bits per heavy atom. The summed E-state index contributed by atoms with van der Waals surface area (Å²) in [4.78, 5) is 4.43. The Balaban J connectivity index is 3.00. The molecular weight excluding hydrogens is 232 g/mol. The molecule has 1 aliphatic rings. The minimum Gasteiger partial charge on any atom is -0.260 e. The standard InChI is InChI=1S/C17H20N2/c1-5-7-15(14(6-2)11-18)10-17-9-8-16(12-19-17)13(3)4/h6,8,10,12H,2-3,5,7,9H2,1,4H3/b15-14+,17-10+. The van der Waals surface area contributed by atoms with Gasteiger partial charge in [-0.15, -0.1) is 0 Å². The molecule has 0 N–H and O–H groups in total. The van der Waals surface area contributed by atoms with Crippen molar-refractivity contribution >= 4 is 6.21 Å². The molecule has 2 heteroatoms. The van der Waals surface area contributed by atoms with Crippen LogP contribution in [-0.2, 0) is 0 Å². The molecule has 0 bridgehead atoms. The minimum absolute atomic E-state index is 0.638. The molecule has 0 saturated heterocycles. The van der Waals surface area contributed by atoms with Crippen LogP contribution in [0.15, 0.2) is 64.4 Å². The Morgan fingerprint density at radius 1 is 1.58 bits per heavy atom. The highest BCUT2D eigenvalue weighted by molar-refractivity contribution is 5.86. The Labute approximate surface area is 115 Å². The van der Waals surface area contributed by atoms with Gasteiger partial charge in [0.1, 0.15) is 0 Å². The van der Waals surface area contributed by atoms with E-state index in [1.807, 2.05) is 19.2 Å². The fourth-order valence-electron chi connectivity index (χ4n) is 1.86. The van der Waals surface area contributed by atoms with Crippen LogP contribution in [0.3, 0.4) is 0 Å². The lowest BCUT2D eigenvalue weighted by molar-refractivity contribution is 0.916. The van der Waals surface area contributed by atoms with Crippen molar-refractivity contribution in [2.24, 2.45) is 4.99 Å². The Kier molecular flexibility index (Phi) is 5.75. The maximum Gasteiger partial charge on any atom is 0.0994 e. The van der Waals surface area contributed by atoms with Crippen molar-refractivity contribution in [1.82, 2.24) is 0 Å². The summed E-state index contributed by atoms with van der Waals surface area (Å²) in [5.41, 5.74) is 4.74.